The molecule has 7 heteroatoms. The third-order valence-electron chi connectivity index (χ3n) is 3.39. The molecule has 3 N–H and O–H groups in total. The molecule has 0 fully saturated rings. The van der Waals surface area contributed by atoms with Gasteiger partial charge in [-0.1, -0.05) is 6.07 Å². The van der Waals surface area contributed by atoms with Crippen molar-refractivity contribution in [3.8, 4) is 5.69 Å². The number of benzene rings is 1. The Morgan fingerprint density at radius 1 is 1.39 bits per heavy atom. The smallest absolute Gasteiger partial charge is 0.227 e. The summed E-state index contributed by atoms with van der Waals surface area (Å²) in [7, 11) is 1.55. The topological polar surface area (TPSA) is 82.2 Å². The molecule has 1 aromatic heterocycles. The third kappa shape index (κ3) is 5.06. The number of hydrogen-bond acceptors (Lipinski definition) is 4. The Labute approximate surface area is 142 Å². The van der Waals surface area contributed by atoms with E-state index in [1.54, 1.807) is 7.11 Å². The van der Waals surface area contributed by atoms with Crippen LogP contribution in [0.25, 0.3) is 5.69 Å². The van der Waals surface area contributed by atoms with E-state index < -0.39 is 0 Å². The quantitative estimate of drug-likeness (QED) is 0.846. The van der Waals surface area contributed by atoms with E-state index in [-0.39, 0.29) is 30.8 Å². The zero-order valence-corrected chi connectivity index (χ0v) is 14.4. The van der Waals surface area contributed by atoms with Crippen LogP contribution in [0, 0.1) is 13.8 Å². The number of aryl methyl sites for hydroxylation is 2. The highest BCUT2D eigenvalue weighted by Gasteiger charge is 2.12. The standard InChI is InChI=1S/C16H22N4O2.ClH/c1-11-7-12(2)20(19-11)14-6-4-5-13(8-14)18-16(21)9-15(10-17)22-3;/h4-8,15H,9-10,17H2,1-3H3,(H,18,21);1H. The monoisotopic (exact) mass is 338 g/mol. The van der Waals surface area contributed by atoms with Crippen molar-refractivity contribution < 1.29 is 9.53 Å². The van der Waals surface area contributed by atoms with Crippen LogP contribution in [0.15, 0.2) is 30.3 Å². The van der Waals surface area contributed by atoms with Gasteiger partial charge in [0.1, 0.15) is 0 Å². The van der Waals surface area contributed by atoms with Gasteiger partial charge in [-0.25, -0.2) is 4.68 Å². The molecule has 1 heterocycles. The number of nitrogens with one attached hydrogen (secondary N) is 1. The van der Waals surface area contributed by atoms with Gasteiger partial charge in [0.2, 0.25) is 5.91 Å². The first-order valence-corrected chi connectivity index (χ1v) is 7.20. The van der Waals surface area contributed by atoms with Crippen molar-refractivity contribution >= 4 is 24.0 Å². The van der Waals surface area contributed by atoms with Crippen molar-refractivity contribution in [1.29, 1.82) is 0 Å². The van der Waals surface area contributed by atoms with E-state index in [9.17, 15) is 4.79 Å². The van der Waals surface area contributed by atoms with Gasteiger partial charge in [-0.2, -0.15) is 5.10 Å². The van der Waals surface area contributed by atoms with Gasteiger partial charge in [-0.05, 0) is 38.1 Å². The fourth-order valence-corrected chi connectivity index (χ4v) is 2.29. The summed E-state index contributed by atoms with van der Waals surface area (Å²) < 4.78 is 6.97. The van der Waals surface area contributed by atoms with Gasteiger partial charge in [0.25, 0.3) is 0 Å². The van der Waals surface area contributed by atoms with Gasteiger partial charge in [0.05, 0.1) is 23.9 Å². The minimum atomic E-state index is -0.265. The van der Waals surface area contributed by atoms with E-state index in [1.165, 1.54) is 0 Å². The lowest BCUT2D eigenvalue weighted by Gasteiger charge is -2.13. The van der Waals surface area contributed by atoms with Crippen LogP contribution < -0.4 is 11.1 Å². The van der Waals surface area contributed by atoms with Gasteiger partial charge in [0.15, 0.2) is 0 Å². The molecule has 0 aliphatic carbocycles. The average Bonchev–Trinajstić information content (AvgIpc) is 2.83. The summed E-state index contributed by atoms with van der Waals surface area (Å²) in [5.41, 5.74) is 9.16. The first-order chi connectivity index (χ1) is 10.5. The normalized spacial score (nSPS) is 11.7. The van der Waals surface area contributed by atoms with Crippen LogP contribution in [0.5, 0.6) is 0 Å². The van der Waals surface area contributed by atoms with Crippen molar-refractivity contribution in [2.24, 2.45) is 5.73 Å². The zero-order valence-electron chi connectivity index (χ0n) is 13.6. The van der Waals surface area contributed by atoms with Gasteiger partial charge < -0.3 is 15.8 Å². The summed E-state index contributed by atoms with van der Waals surface area (Å²) in [5, 5.41) is 7.30. The van der Waals surface area contributed by atoms with Crippen molar-refractivity contribution in [1.82, 2.24) is 9.78 Å². The Kier molecular flexibility index (Phi) is 7.22. The maximum atomic E-state index is 12.0. The maximum absolute atomic E-state index is 12.0. The maximum Gasteiger partial charge on any atom is 0.227 e. The van der Waals surface area contributed by atoms with E-state index in [0.717, 1.165) is 22.8 Å². The highest BCUT2D eigenvalue weighted by molar-refractivity contribution is 5.91. The molecule has 0 saturated carbocycles. The molecule has 0 spiro atoms. The Balaban J connectivity index is 0.00000264. The van der Waals surface area contributed by atoms with Crippen molar-refractivity contribution in [3.63, 3.8) is 0 Å². The molecule has 126 valence electrons. The van der Waals surface area contributed by atoms with E-state index in [0.29, 0.717) is 6.54 Å². The molecular formula is C16H23ClN4O2. The predicted molar refractivity (Wildman–Crippen MR) is 93.4 cm³/mol. The van der Waals surface area contributed by atoms with E-state index >= 15 is 0 Å². The number of amides is 1. The number of anilines is 1. The third-order valence-corrected chi connectivity index (χ3v) is 3.39. The molecule has 1 amide bonds. The molecule has 0 bridgehead atoms. The zero-order chi connectivity index (χ0) is 16.1. The highest BCUT2D eigenvalue weighted by atomic mass is 35.5. The molecule has 0 aliphatic heterocycles. The molecule has 2 aromatic rings. The number of carbonyl (C=O) groups is 1. The summed E-state index contributed by atoms with van der Waals surface area (Å²) in [5.74, 6) is -0.122. The number of nitrogens with two attached hydrogens (primary N) is 1. The number of rotatable bonds is 6. The number of halogens is 1. The lowest BCUT2D eigenvalue weighted by Crippen LogP contribution is -2.28. The van der Waals surface area contributed by atoms with Crippen LogP contribution in [-0.2, 0) is 9.53 Å². The molecular weight excluding hydrogens is 316 g/mol. The second kappa shape index (κ2) is 8.67. The lowest BCUT2D eigenvalue weighted by atomic mass is 10.2. The number of nitrogens with zero attached hydrogens (tertiary/aromatic N) is 2. The lowest BCUT2D eigenvalue weighted by molar-refractivity contribution is -0.118. The summed E-state index contributed by atoms with van der Waals surface area (Å²) in [6.07, 6.45) is -0.0314. The van der Waals surface area contributed by atoms with Crippen LogP contribution in [0.4, 0.5) is 5.69 Å². The SMILES string of the molecule is COC(CN)CC(=O)Nc1cccc(-n2nc(C)cc2C)c1.Cl. The number of methoxy groups -OCH3 is 1. The molecule has 6 nitrogen and oxygen atoms in total. The Hall–Kier alpha value is -1.89. The van der Waals surface area contributed by atoms with Crippen LogP contribution >= 0.6 is 12.4 Å². The second-order valence-electron chi connectivity index (χ2n) is 5.23. The average molecular weight is 339 g/mol. The largest absolute Gasteiger partial charge is 0.380 e. The number of ether oxygens (including phenoxy) is 1. The summed E-state index contributed by atoms with van der Waals surface area (Å²) in [6, 6.07) is 9.58. The Morgan fingerprint density at radius 2 is 2.13 bits per heavy atom. The highest BCUT2D eigenvalue weighted by Crippen LogP contribution is 2.17. The van der Waals surface area contributed by atoms with Crippen LogP contribution in [0.1, 0.15) is 17.8 Å². The van der Waals surface area contributed by atoms with Gasteiger partial charge in [-0.15, -0.1) is 12.4 Å². The van der Waals surface area contributed by atoms with Gasteiger partial charge in [-0.3, -0.25) is 4.79 Å². The van der Waals surface area contributed by atoms with Crippen molar-refractivity contribution in [2.75, 3.05) is 19.0 Å². The number of aromatic nitrogens is 2. The summed E-state index contributed by atoms with van der Waals surface area (Å²) in [6.45, 7) is 4.26. The van der Waals surface area contributed by atoms with Crippen LogP contribution in [0.2, 0.25) is 0 Å². The predicted octanol–water partition coefficient (Wildman–Crippen LogP) is 2.21. The van der Waals surface area contributed by atoms with E-state index in [4.69, 9.17) is 10.5 Å². The first-order valence-electron chi connectivity index (χ1n) is 7.20. The van der Waals surface area contributed by atoms with Gasteiger partial charge in [0, 0.05) is 25.0 Å². The van der Waals surface area contributed by atoms with Crippen LogP contribution in [-0.4, -0.2) is 35.4 Å². The summed E-state index contributed by atoms with van der Waals surface area (Å²) >= 11 is 0. The molecule has 0 aliphatic rings. The minimum Gasteiger partial charge on any atom is -0.380 e. The molecule has 0 saturated heterocycles. The number of carbonyl (C=O) groups excluding carboxylic acids is 1. The van der Waals surface area contributed by atoms with E-state index in [1.807, 2.05) is 48.9 Å². The molecule has 0 radical (unpaired) electrons. The molecule has 1 unspecified atom stereocenters. The van der Waals surface area contributed by atoms with E-state index in [2.05, 4.69) is 10.4 Å². The molecule has 1 aromatic carbocycles. The number of hydrogen-bond donors (Lipinski definition) is 2. The fourth-order valence-electron chi connectivity index (χ4n) is 2.29. The van der Waals surface area contributed by atoms with Crippen LogP contribution in [0.3, 0.4) is 0 Å². The van der Waals surface area contributed by atoms with Crippen molar-refractivity contribution in [2.45, 2.75) is 26.4 Å². The molecule has 23 heavy (non-hydrogen) atoms. The Bertz CT molecular complexity index is 653. The fraction of sp³-hybridized carbons (Fsp3) is 0.375. The first kappa shape index (κ1) is 19.2. The molecule has 1 atom stereocenters. The minimum absolute atomic E-state index is 0. The second-order valence-corrected chi connectivity index (χ2v) is 5.23. The van der Waals surface area contributed by atoms with Gasteiger partial charge >= 0.3 is 0 Å². The molecule has 2 rings (SSSR count). The summed E-state index contributed by atoms with van der Waals surface area (Å²) in [4.78, 5) is 12.0. The van der Waals surface area contributed by atoms with Crippen molar-refractivity contribution in [3.05, 3.63) is 41.7 Å². The Morgan fingerprint density at radius 3 is 2.70 bits per heavy atom.